The van der Waals surface area contributed by atoms with Gasteiger partial charge in [0.05, 0.1) is 11.4 Å². The molecule has 0 spiro atoms. The Morgan fingerprint density at radius 2 is 1.61 bits per heavy atom. The molecule has 3 rings (SSSR count). The van der Waals surface area contributed by atoms with Gasteiger partial charge in [-0.05, 0) is 50.2 Å². The number of nitriles is 1. The third kappa shape index (κ3) is 5.92. The number of sulfonamides is 1. The standard InChI is InChI=1S/C23H21N3O4S/c1-16-3-7-19(8-4-16)26-23(27)18(14-24)13-20-9-10-21(30-20)15-25-31(28,29)22-11-5-17(2)6-12-22/h3-13,25H,15H2,1-2H3,(H,26,27)/b18-13+. The van der Waals surface area contributed by atoms with Crippen molar-refractivity contribution in [2.24, 2.45) is 0 Å². The van der Waals surface area contributed by atoms with E-state index in [-0.39, 0.29) is 22.8 Å². The molecule has 1 aromatic heterocycles. The van der Waals surface area contributed by atoms with Gasteiger partial charge in [-0.25, -0.2) is 13.1 Å². The van der Waals surface area contributed by atoms with E-state index in [9.17, 15) is 18.5 Å². The van der Waals surface area contributed by atoms with Gasteiger partial charge in [0.15, 0.2) is 0 Å². The predicted octanol–water partition coefficient (Wildman–Crippen LogP) is 3.92. The van der Waals surface area contributed by atoms with Crippen molar-refractivity contribution >= 4 is 27.7 Å². The lowest BCUT2D eigenvalue weighted by Crippen LogP contribution is -2.22. The molecule has 0 saturated heterocycles. The number of nitrogens with one attached hydrogen (secondary N) is 2. The van der Waals surface area contributed by atoms with E-state index in [0.29, 0.717) is 11.4 Å². The number of carbonyl (C=O) groups is 1. The average Bonchev–Trinajstić information content (AvgIpc) is 3.20. The summed E-state index contributed by atoms with van der Waals surface area (Å²) in [4.78, 5) is 12.5. The van der Waals surface area contributed by atoms with Gasteiger partial charge < -0.3 is 9.73 Å². The highest BCUT2D eigenvalue weighted by Crippen LogP contribution is 2.16. The summed E-state index contributed by atoms with van der Waals surface area (Å²) in [5.74, 6) is 0.0442. The van der Waals surface area contributed by atoms with Gasteiger partial charge >= 0.3 is 0 Å². The minimum absolute atomic E-state index is 0.0680. The molecule has 0 saturated carbocycles. The van der Waals surface area contributed by atoms with E-state index < -0.39 is 15.9 Å². The molecule has 0 radical (unpaired) electrons. The van der Waals surface area contributed by atoms with Gasteiger partial charge in [0, 0.05) is 11.8 Å². The van der Waals surface area contributed by atoms with Gasteiger partial charge in [-0.3, -0.25) is 4.79 Å². The topological polar surface area (TPSA) is 112 Å². The van der Waals surface area contributed by atoms with Crippen molar-refractivity contribution in [2.45, 2.75) is 25.3 Å². The number of hydrogen-bond donors (Lipinski definition) is 2. The number of carbonyl (C=O) groups excluding carboxylic acids is 1. The molecule has 8 heteroatoms. The van der Waals surface area contributed by atoms with Crippen molar-refractivity contribution in [3.8, 4) is 6.07 Å². The molecule has 158 valence electrons. The lowest BCUT2D eigenvalue weighted by molar-refractivity contribution is -0.112. The fourth-order valence-corrected chi connectivity index (χ4v) is 3.65. The maximum absolute atomic E-state index is 12.4. The highest BCUT2D eigenvalue weighted by atomic mass is 32.2. The van der Waals surface area contributed by atoms with Crippen LogP contribution in [0.2, 0.25) is 0 Å². The molecule has 31 heavy (non-hydrogen) atoms. The lowest BCUT2D eigenvalue weighted by Gasteiger charge is -2.05. The number of amides is 1. The van der Waals surface area contributed by atoms with Crippen LogP contribution in [0.25, 0.3) is 6.08 Å². The average molecular weight is 436 g/mol. The van der Waals surface area contributed by atoms with E-state index in [1.54, 1.807) is 36.4 Å². The van der Waals surface area contributed by atoms with Gasteiger partial charge in [-0.1, -0.05) is 35.4 Å². The highest BCUT2D eigenvalue weighted by molar-refractivity contribution is 7.89. The van der Waals surface area contributed by atoms with Crippen LogP contribution in [0.15, 0.2) is 75.5 Å². The number of nitrogens with zero attached hydrogens (tertiary/aromatic N) is 1. The van der Waals surface area contributed by atoms with Crippen molar-refractivity contribution in [1.29, 1.82) is 5.26 Å². The van der Waals surface area contributed by atoms with Gasteiger partial charge in [0.2, 0.25) is 10.0 Å². The van der Waals surface area contributed by atoms with Crippen LogP contribution in [0.5, 0.6) is 0 Å². The normalized spacial score (nSPS) is 11.7. The predicted molar refractivity (Wildman–Crippen MR) is 117 cm³/mol. The number of furan rings is 1. The maximum atomic E-state index is 12.4. The summed E-state index contributed by atoms with van der Waals surface area (Å²) in [6, 6.07) is 18.7. The van der Waals surface area contributed by atoms with Gasteiger partial charge in [-0.2, -0.15) is 5.26 Å². The Morgan fingerprint density at radius 1 is 1.00 bits per heavy atom. The zero-order valence-electron chi connectivity index (χ0n) is 17.0. The highest BCUT2D eigenvalue weighted by Gasteiger charge is 2.15. The Hall–Kier alpha value is -3.67. The maximum Gasteiger partial charge on any atom is 0.266 e. The number of rotatable bonds is 7. The summed E-state index contributed by atoms with van der Waals surface area (Å²) in [6.07, 6.45) is 1.31. The minimum atomic E-state index is -3.69. The Balaban J connectivity index is 1.66. The SMILES string of the molecule is Cc1ccc(NC(=O)/C(C#N)=C/c2ccc(CNS(=O)(=O)c3ccc(C)cc3)o2)cc1. The second-order valence-corrected chi connectivity index (χ2v) is 8.70. The van der Waals surface area contributed by atoms with Crippen molar-refractivity contribution < 1.29 is 17.6 Å². The molecule has 0 aliphatic heterocycles. The second-order valence-electron chi connectivity index (χ2n) is 6.93. The number of hydrogen-bond acceptors (Lipinski definition) is 5. The monoisotopic (exact) mass is 435 g/mol. The van der Waals surface area contributed by atoms with Crippen LogP contribution < -0.4 is 10.0 Å². The van der Waals surface area contributed by atoms with E-state index >= 15 is 0 Å². The van der Waals surface area contributed by atoms with Crippen LogP contribution >= 0.6 is 0 Å². The third-order valence-corrected chi connectivity index (χ3v) is 5.83. The van der Waals surface area contributed by atoms with E-state index in [1.807, 2.05) is 32.0 Å². The molecule has 1 amide bonds. The molecular formula is C23H21N3O4S. The Bertz CT molecular complexity index is 1250. The van der Waals surface area contributed by atoms with Crippen molar-refractivity contribution in [1.82, 2.24) is 4.72 Å². The molecule has 0 atom stereocenters. The molecular weight excluding hydrogens is 414 g/mol. The Labute approximate surface area is 181 Å². The molecule has 2 aromatic carbocycles. The first kappa shape index (κ1) is 22.0. The lowest BCUT2D eigenvalue weighted by atomic mass is 10.2. The molecule has 0 unspecified atom stereocenters. The largest absolute Gasteiger partial charge is 0.460 e. The van der Waals surface area contributed by atoms with Gasteiger partial charge in [-0.15, -0.1) is 0 Å². The summed E-state index contributed by atoms with van der Waals surface area (Å²) in [6.45, 7) is 3.74. The molecule has 0 bridgehead atoms. The van der Waals surface area contributed by atoms with Crippen molar-refractivity contribution in [2.75, 3.05) is 5.32 Å². The summed E-state index contributed by atoms with van der Waals surface area (Å²) < 4.78 is 32.8. The van der Waals surface area contributed by atoms with Crippen LogP contribution in [0.1, 0.15) is 22.6 Å². The van der Waals surface area contributed by atoms with Crippen LogP contribution in [0, 0.1) is 25.2 Å². The third-order valence-electron chi connectivity index (χ3n) is 4.41. The zero-order chi connectivity index (χ0) is 22.4. The van der Waals surface area contributed by atoms with Crippen LogP contribution in [0.4, 0.5) is 5.69 Å². The number of benzene rings is 2. The summed E-state index contributed by atoms with van der Waals surface area (Å²) in [5.41, 5.74) is 2.44. The molecule has 1 heterocycles. The van der Waals surface area contributed by atoms with Crippen molar-refractivity contribution in [3.63, 3.8) is 0 Å². The van der Waals surface area contributed by atoms with Gasteiger partial charge in [0.1, 0.15) is 23.2 Å². The van der Waals surface area contributed by atoms with E-state index in [0.717, 1.165) is 11.1 Å². The minimum Gasteiger partial charge on any atom is -0.460 e. The molecule has 7 nitrogen and oxygen atoms in total. The number of anilines is 1. The van der Waals surface area contributed by atoms with Crippen LogP contribution in [0.3, 0.4) is 0 Å². The van der Waals surface area contributed by atoms with Crippen LogP contribution in [-0.4, -0.2) is 14.3 Å². The molecule has 0 fully saturated rings. The first-order valence-corrected chi connectivity index (χ1v) is 10.9. The first-order chi connectivity index (χ1) is 14.8. The van der Waals surface area contributed by atoms with Crippen LogP contribution in [-0.2, 0) is 21.4 Å². The summed E-state index contributed by atoms with van der Waals surface area (Å²) in [7, 11) is -3.69. The Morgan fingerprint density at radius 3 is 2.23 bits per heavy atom. The van der Waals surface area contributed by atoms with Gasteiger partial charge in [0.25, 0.3) is 5.91 Å². The molecule has 0 aliphatic rings. The molecule has 2 N–H and O–H groups in total. The summed E-state index contributed by atoms with van der Waals surface area (Å²) in [5, 5.41) is 12.0. The molecule has 0 aliphatic carbocycles. The number of aryl methyl sites for hydroxylation is 2. The fourth-order valence-electron chi connectivity index (χ4n) is 2.66. The fraction of sp³-hybridized carbons (Fsp3) is 0.130. The smallest absolute Gasteiger partial charge is 0.266 e. The van der Waals surface area contributed by atoms with E-state index in [1.165, 1.54) is 18.2 Å². The zero-order valence-corrected chi connectivity index (χ0v) is 17.9. The van der Waals surface area contributed by atoms with Crippen molar-refractivity contribution in [3.05, 3.63) is 88.9 Å². The van der Waals surface area contributed by atoms with E-state index in [2.05, 4.69) is 10.0 Å². The quantitative estimate of drug-likeness (QED) is 0.431. The second kappa shape index (κ2) is 9.43. The first-order valence-electron chi connectivity index (χ1n) is 9.42. The molecule has 3 aromatic rings. The van der Waals surface area contributed by atoms with E-state index in [4.69, 9.17) is 4.42 Å². The summed E-state index contributed by atoms with van der Waals surface area (Å²) >= 11 is 0. The Kier molecular flexibility index (Phi) is 6.70.